The van der Waals surface area contributed by atoms with E-state index in [1.807, 2.05) is 0 Å². The van der Waals surface area contributed by atoms with Gasteiger partial charge in [0.25, 0.3) is 0 Å². The van der Waals surface area contributed by atoms with Crippen LogP contribution in [0.25, 0.3) is 0 Å². The van der Waals surface area contributed by atoms with Crippen molar-refractivity contribution in [1.82, 2.24) is 5.32 Å². The summed E-state index contributed by atoms with van der Waals surface area (Å²) in [5, 5.41) is 3.04. The lowest BCUT2D eigenvalue weighted by atomic mass is 10.2. The average molecular weight is 213 g/mol. The van der Waals surface area contributed by atoms with Crippen LogP contribution in [0.4, 0.5) is 8.78 Å². The minimum absolute atomic E-state index is 0.111. The van der Waals surface area contributed by atoms with Gasteiger partial charge in [0.05, 0.1) is 0 Å². The summed E-state index contributed by atoms with van der Waals surface area (Å²) in [4.78, 5) is 0. The molecule has 3 rings (SSSR count). The van der Waals surface area contributed by atoms with Crippen LogP contribution in [0.15, 0.2) is 12.1 Å². The first-order valence-corrected chi connectivity index (χ1v) is 4.78. The molecule has 2 aliphatic heterocycles. The molecule has 0 unspecified atom stereocenters. The van der Waals surface area contributed by atoms with Crippen LogP contribution in [0.1, 0.15) is 0 Å². The third-order valence-electron chi connectivity index (χ3n) is 2.66. The molecular weight excluding hydrogens is 204 g/mol. The fourth-order valence-corrected chi connectivity index (χ4v) is 1.90. The second kappa shape index (κ2) is 3.06. The van der Waals surface area contributed by atoms with E-state index in [2.05, 4.69) is 5.32 Å². The van der Waals surface area contributed by atoms with Gasteiger partial charge < -0.3 is 14.8 Å². The number of nitrogens with one attached hydrogen (secondary N) is 1. The van der Waals surface area contributed by atoms with Crippen molar-refractivity contribution in [2.45, 2.75) is 12.2 Å². The fraction of sp³-hybridized carbons (Fsp3) is 0.400. The highest BCUT2D eigenvalue weighted by Crippen LogP contribution is 2.39. The topological polar surface area (TPSA) is 30.5 Å². The Hall–Kier alpha value is -1.36. The molecule has 3 nitrogen and oxygen atoms in total. The van der Waals surface area contributed by atoms with Crippen LogP contribution >= 0.6 is 0 Å². The molecule has 15 heavy (non-hydrogen) atoms. The highest BCUT2D eigenvalue weighted by atomic mass is 19.1. The van der Waals surface area contributed by atoms with Gasteiger partial charge >= 0.3 is 0 Å². The van der Waals surface area contributed by atoms with Crippen molar-refractivity contribution in [3.63, 3.8) is 0 Å². The van der Waals surface area contributed by atoms with Crippen molar-refractivity contribution in [1.29, 1.82) is 0 Å². The summed E-state index contributed by atoms with van der Waals surface area (Å²) in [6, 6.07) is 2.08. The standard InChI is InChI=1S/C10H9F2NO2/c11-5-1-2-6(12)10-9(5)14-7-3-13-4-8(7)15-10/h1-2,7-8,13H,3-4H2/t7-,8-/m0/s1. The molecule has 2 heterocycles. The molecule has 0 spiro atoms. The minimum Gasteiger partial charge on any atom is -0.478 e. The highest BCUT2D eigenvalue weighted by molar-refractivity contribution is 5.44. The first-order valence-electron chi connectivity index (χ1n) is 4.78. The molecule has 80 valence electrons. The Kier molecular flexibility index (Phi) is 1.82. The summed E-state index contributed by atoms with van der Waals surface area (Å²) < 4.78 is 37.4. The van der Waals surface area contributed by atoms with E-state index in [0.29, 0.717) is 13.1 Å². The van der Waals surface area contributed by atoms with Gasteiger partial charge in [-0.2, -0.15) is 0 Å². The largest absolute Gasteiger partial charge is 0.478 e. The predicted octanol–water partition coefficient (Wildman–Crippen LogP) is 1.08. The van der Waals surface area contributed by atoms with Crippen LogP contribution < -0.4 is 14.8 Å². The number of rotatable bonds is 0. The second-order valence-electron chi connectivity index (χ2n) is 3.66. The molecular formula is C10H9F2NO2. The van der Waals surface area contributed by atoms with Crippen LogP contribution in [0.2, 0.25) is 0 Å². The molecule has 2 aliphatic rings. The molecule has 0 radical (unpaired) electrons. The van der Waals surface area contributed by atoms with Crippen molar-refractivity contribution in [3.05, 3.63) is 23.8 Å². The Labute approximate surface area is 85.0 Å². The molecule has 0 bridgehead atoms. The molecule has 2 atom stereocenters. The van der Waals surface area contributed by atoms with Gasteiger partial charge in [0.1, 0.15) is 12.2 Å². The number of halogens is 2. The van der Waals surface area contributed by atoms with Crippen LogP contribution in [0, 0.1) is 11.6 Å². The molecule has 1 saturated heterocycles. The van der Waals surface area contributed by atoms with Crippen LogP contribution in [-0.2, 0) is 0 Å². The normalized spacial score (nSPS) is 27.6. The molecule has 0 amide bonds. The van der Waals surface area contributed by atoms with Crippen molar-refractivity contribution < 1.29 is 18.3 Å². The van der Waals surface area contributed by atoms with E-state index >= 15 is 0 Å². The van der Waals surface area contributed by atoms with Gasteiger partial charge in [-0.05, 0) is 12.1 Å². The quantitative estimate of drug-likeness (QED) is 0.699. The Morgan fingerprint density at radius 2 is 1.47 bits per heavy atom. The lowest BCUT2D eigenvalue weighted by Gasteiger charge is -2.28. The zero-order valence-electron chi connectivity index (χ0n) is 7.80. The minimum atomic E-state index is -0.586. The van der Waals surface area contributed by atoms with Gasteiger partial charge in [-0.15, -0.1) is 0 Å². The molecule has 1 N–H and O–H groups in total. The number of hydrogen-bond acceptors (Lipinski definition) is 3. The van der Waals surface area contributed by atoms with E-state index < -0.39 is 11.6 Å². The highest BCUT2D eigenvalue weighted by Gasteiger charge is 2.38. The Morgan fingerprint density at radius 1 is 1.00 bits per heavy atom. The third-order valence-corrected chi connectivity index (χ3v) is 2.66. The smallest absolute Gasteiger partial charge is 0.200 e. The number of fused-ring (bicyclic) bond motifs is 2. The fourth-order valence-electron chi connectivity index (χ4n) is 1.90. The molecule has 1 aromatic carbocycles. The van der Waals surface area contributed by atoms with Crippen molar-refractivity contribution in [2.24, 2.45) is 0 Å². The van der Waals surface area contributed by atoms with Crippen LogP contribution in [0.3, 0.4) is 0 Å². The van der Waals surface area contributed by atoms with E-state index in [-0.39, 0.29) is 23.7 Å². The number of hydrogen-bond donors (Lipinski definition) is 1. The van der Waals surface area contributed by atoms with Crippen molar-refractivity contribution in [3.8, 4) is 11.5 Å². The van der Waals surface area contributed by atoms with E-state index in [4.69, 9.17) is 9.47 Å². The lowest BCUT2D eigenvalue weighted by molar-refractivity contribution is 0.0467. The Bertz CT molecular complexity index is 374. The molecule has 1 aromatic rings. The van der Waals surface area contributed by atoms with E-state index in [0.717, 1.165) is 12.1 Å². The molecule has 0 aliphatic carbocycles. The average Bonchev–Trinajstić information content (AvgIpc) is 2.69. The van der Waals surface area contributed by atoms with Gasteiger partial charge in [-0.3, -0.25) is 0 Å². The lowest BCUT2D eigenvalue weighted by Crippen LogP contribution is -2.39. The molecule has 5 heteroatoms. The van der Waals surface area contributed by atoms with Crippen LogP contribution in [0.5, 0.6) is 11.5 Å². The first kappa shape index (κ1) is 8.91. The van der Waals surface area contributed by atoms with Crippen LogP contribution in [-0.4, -0.2) is 25.3 Å². The Morgan fingerprint density at radius 3 is 1.93 bits per heavy atom. The van der Waals surface area contributed by atoms with Gasteiger partial charge in [0, 0.05) is 13.1 Å². The summed E-state index contributed by atoms with van der Waals surface area (Å²) in [6.07, 6.45) is -0.456. The summed E-state index contributed by atoms with van der Waals surface area (Å²) in [6.45, 7) is 1.19. The predicted molar refractivity (Wildman–Crippen MR) is 48.1 cm³/mol. The maximum absolute atomic E-state index is 13.3. The summed E-state index contributed by atoms with van der Waals surface area (Å²) in [5.74, 6) is -1.39. The zero-order valence-corrected chi connectivity index (χ0v) is 7.80. The first-order chi connectivity index (χ1) is 7.25. The second-order valence-corrected chi connectivity index (χ2v) is 3.66. The number of benzene rings is 1. The number of ether oxygens (including phenoxy) is 2. The monoisotopic (exact) mass is 213 g/mol. The Balaban J connectivity index is 2.06. The van der Waals surface area contributed by atoms with Gasteiger partial charge in [-0.1, -0.05) is 0 Å². The summed E-state index contributed by atoms with van der Waals surface area (Å²) in [5.41, 5.74) is 0. The van der Waals surface area contributed by atoms with Gasteiger partial charge in [-0.25, -0.2) is 8.78 Å². The van der Waals surface area contributed by atoms with Gasteiger partial charge in [0.15, 0.2) is 11.6 Å². The molecule has 1 fully saturated rings. The maximum Gasteiger partial charge on any atom is 0.200 e. The van der Waals surface area contributed by atoms with E-state index in [1.165, 1.54) is 0 Å². The van der Waals surface area contributed by atoms with Crippen molar-refractivity contribution in [2.75, 3.05) is 13.1 Å². The maximum atomic E-state index is 13.3. The zero-order chi connectivity index (χ0) is 10.4. The van der Waals surface area contributed by atoms with E-state index in [1.54, 1.807) is 0 Å². The van der Waals surface area contributed by atoms with Gasteiger partial charge in [0.2, 0.25) is 11.5 Å². The third kappa shape index (κ3) is 1.26. The van der Waals surface area contributed by atoms with E-state index in [9.17, 15) is 8.78 Å². The molecule has 0 saturated carbocycles. The summed E-state index contributed by atoms with van der Waals surface area (Å²) in [7, 11) is 0. The SMILES string of the molecule is Fc1ccc(F)c2c1O[C@H]1CNC[C@@H]1O2. The summed E-state index contributed by atoms with van der Waals surface area (Å²) >= 11 is 0. The van der Waals surface area contributed by atoms with Crippen molar-refractivity contribution >= 4 is 0 Å². The molecule has 0 aromatic heterocycles.